The molecule has 2 saturated carbocycles. The first kappa shape index (κ1) is 13.9. The number of carboxylic acids is 1. The molecule has 3 aliphatic rings. The highest BCUT2D eigenvalue weighted by Gasteiger charge is 2.60. The summed E-state index contributed by atoms with van der Waals surface area (Å²) in [5.41, 5.74) is 2.71. The van der Waals surface area contributed by atoms with Crippen LogP contribution in [-0.2, 0) is 0 Å². The van der Waals surface area contributed by atoms with Crippen molar-refractivity contribution in [1.29, 1.82) is 0 Å². The number of nitrogens with zero attached hydrogens (tertiary/aromatic N) is 1. The van der Waals surface area contributed by atoms with Crippen molar-refractivity contribution in [3.05, 3.63) is 27.3 Å². The highest BCUT2D eigenvalue weighted by Crippen LogP contribution is 2.71. The van der Waals surface area contributed by atoms with Gasteiger partial charge in [0.05, 0.1) is 11.3 Å². The maximum absolute atomic E-state index is 11.4. The van der Waals surface area contributed by atoms with E-state index in [1.807, 2.05) is 12.1 Å². The summed E-state index contributed by atoms with van der Waals surface area (Å²) in [6.45, 7) is 2.02. The molecular formula is C17H20INO2. The summed E-state index contributed by atoms with van der Waals surface area (Å²) in [6.07, 6.45) is 8.26. The van der Waals surface area contributed by atoms with E-state index in [9.17, 15) is 9.90 Å². The van der Waals surface area contributed by atoms with E-state index in [0.717, 1.165) is 27.8 Å². The third kappa shape index (κ3) is 2.35. The fourth-order valence-electron chi connectivity index (χ4n) is 4.59. The predicted molar refractivity (Wildman–Crippen MR) is 90.9 cm³/mol. The molecule has 0 unspecified atom stereocenters. The lowest BCUT2D eigenvalue weighted by Gasteiger charge is -2.53. The van der Waals surface area contributed by atoms with Crippen LogP contribution < -0.4 is 4.90 Å². The lowest BCUT2D eigenvalue weighted by atomic mass is 9.55. The quantitative estimate of drug-likeness (QED) is 0.763. The van der Waals surface area contributed by atoms with Crippen molar-refractivity contribution < 1.29 is 9.90 Å². The maximum Gasteiger partial charge on any atom is 0.337 e. The molecule has 0 aromatic heterocycles. The minimum atomic E-state index is -0.817. The third-order valence-corrected chi connectivity index (χ3v) is 6.48. The maximum atomic E-state index is 11.4. The molecule has 4 rings (SSSR count). The van der Waals surface area contributed by atoms with Crippen LogP contribution in [0.3, 0.4) is 0 Å². The van der Waals surface area contributed by atoms with Gasteiger partial charge in [-0.3, -0.25) is 0 Å². The van der Waals surface area contributed by atoms with Gasteiger partial charge in [0, 0.05) is 16.7 Å². The highest BCUT2D eigenvalue weighted by molar-refractivity contribution is 14.1. The summed E-state index contributed by atoms with van der Waals surface area (Å²) in [6, 6.07) is 5.64. The first-order valence-corrected chi connectivity index (χ1v) is 8.87. The van der Waals surface area contributed by atoms with Crippen molar-refractivity contribution in [3.8, 4) is 0 Å². The molecule has 3 nitrogen and oxygen atoms in total. The van der Waals surface area contributed by atoms with E-state index in [0.29, 0.717) is 11.0 Å². The molecule has 0 amide bonds. The van der Waals surface area contributed by atoms with E-state index in [2.05, 4.69) is 27.5 Å². The Hall–Kier alpha value is -0.780. The predicted octanol–water partition coefficient (Wildman–Crippen LogP) is 4.15. The molecule has 0 radical (unpaired) electrons. The molecule has 3 fully saturated rings. The van der Waals surface area contributed by atoms with Gasteiger partial charge in [-0.15, -0.1) is 0 Å². The normalized spacial score (nSPS) is 24.9. The number of hydrogen-bond acceptors (Lipinski definition) is 2. The number of benzene rings is 1. The van der Waals surface area contributed by atoms with Gasteiger partial charge in [0.15, 0.2) is 0 Å². The molecule has 0 atom stereocenters. The van der Waals surface area contributed by atoms with Gasteiger partial charge in [-0.05, 0) is 90.1 Å². The Balaban J connectivity index is 1.51. The molecule has 1 saturated heterocycles. The first-order valence-electron chi connectivity index (χ1n) is 7.79. The van der Waals surface area contributed by atoms with E-state index in [1.54, 1.807) is 6.07 Å². The molecule has 21 heavy (non-hydrogen) atoms. The lowest BCUT2D eigenvalue weighted by molar-refractivity contribution is 0.0108. The molecular weight excluding hydrogens is 377 g/mol. The van der Waals surface area contributed by atoms with Crippen molar-refractivity contribution in [2.24, 2.45) is 10.8 Å². The van der Waals surface area contributed by atoms with Crippen LogP contribution in [0.15, 0.2) is 18.2 Å². The summed E-state index contributed by atoms with van der Waals surface area (Å²) >= 11 is 2.26. The van der Waals surface area contributed by atoms with Crippen molar-refractivity contribution in [1.82, 2.24) is 0 Å². The molecule has 4 heteroatoms. The van der Waals surface area contributed by atoms with Crippen LogP contribution in [0.1, 0.15) is 48.9 Å². The molecule has 1 N–H and O–H groups in total. The van der Waals surface area contributed by atoms with Gasteiger partial charge in [0.1, 0.15) is 0 Å². The Bertz CT molecular complexity index is 591. The van der Waals surface area contributed by atoms with Gasteiger partial charge < -0.3 is 10.0 Å². The van der Waals surface area contributed by atoms with E-state index in [1.165, 1.54) is 38.5 Å². The number of aromatic carboxylic acids is 1. The molecule has 0 bridgehead atoms. The second kappa shape index (κ2) is 4.61. The largest absolute Gasteiger partial charge is 0.478 e. The molecule has 1 heterocycles. The summed E-state index contributed by atoms with van der Waals surface area (Å²) in [5.74, 6) is -0.817. The molecule has 1 aromatic carbocycles. The van der Waals surface area contributed by atoms with E-state index < -0.39 is 5.97 Å². The zero-order valence-corrected chi connectivity index (χ0v) is 14.2. The van der Waals surface area contributed by atoms with E-state index in [4.69, 9.17) is 0 Å². The molecule has 1 aliphatic heterocycles. The summed E-state index contributed by atoms with van der Waals surface area (Å²) in [4.78, 5) is 13.7. The molecule has 112 valence electrons. The minimum Gasteiger partial charge on any atom is -0.478 e. The topological polar surface area (TPSA) is 40.5 Å². The third-order valence-electron chi connectivity index (χ3n) is 5.81. The fraction of sp³-hybridized carbons (Fsp3) is 0.588. The van der Waals surface area contributed by atoms with Gasteiger partial charge >= 0.3 is 5.97 Å². The Morgan fingerprint density at radius 2 is 1.71 bits per heavy atom. The molecule has 2 spiro atoms. The standard InChI is InChI=1S/C17H20INO2/c18-12-1-2-13(15(20)21)14(9-12)19-7-5-17(6-8-19)10-16(11-17)3-4-16/h1-2,9H,3-8,10-11H2,(H,20,21). The highest BCUT2D eigenvalue weighted by atomic mass is 127. The van der Waals surface area contributed by atoms with Crippen molar-refractivity contribution >= 4 is 34.2 Å². The van der Waals surface area contributed by atoms with Crippen LogP contribution in [0.2, 0.25) is 0 Å². The first-order chi connectivity index (χ1) is 10.0. The summed E-state index contributed by atoms with van der Waals surface area (Å²) in [7, 11) is 0. The Kier molecular flexibility index (Phi) is 3.04. The average molecular weight is 397 g/mol. The Morgan fingerprint density at radius 1 is 1.10 bits per heavy atom. The average Bonchev–Trinajstić information content (AvgIpc) is 3.19. The lowest BCUT2D eigenvalue weighted by Crippen LogP contribution is -2.48. The van der Waals surface area contributed by atoms with Crippen molar-refractivity contribution in [3.63, 3.8) is 0 Å². The van der Waals surface area contributed by atoms with Crippen LogP contribution in [0.5, 0.6) is 0 Å². The summed E-state index contributed by atoms with van der Waals surface area (Å²) in [5, 5.41) is 9.39. The fourth-order valence-corrected chi connectivity index (χ4v) is 5.07. The number of piperidine rings is 1. The number of rotatable bonds is 2. The molecule has 1 aromatic rings. The number of carbonyl (C=O) groups is 1. The molecule has 2 aliphatic carbocycles. The van der Waals surface area contributed by atoms with Crippen molar-refractivity contribution in [2.45, 2.75) is 38.5 Å². The van der Waals surface area contributed by atoms with E-state index in [-0.39, 0.29) is 0 Å². The van der Waals surface area contributed by atoms with Crippen LogP contribution in [0.25, 0.3) is 0 Å². The SMILES string of the molecule is O=C(O)c1ccc(I)cc1N1CCC2(CC1)CC1(CC1)C2. The van der Waals surface area contributed by atoms with Crippen LogP contribution >= 0.6 is 22.6 Å². The smallest absolute Gasteiger partial charge is 0.337 e. The second-order valence-electron chi connectivity index (χ2n) is 7.31. The Morgan fingerprint density at radius 3 is 2.29 bits per heavy atom. The minimum absolute atomic E-state index is 0.443. The number of hydrogen-bond donors (Lipinski definition) is 1. The van der Waals surface area contributed by atoms with Crippen LogP contribution in [0, 0.1) is 14.4 Å². The van der Waals surface area contributed by atoms with E-state index >= 15 is 0 Å². The van der Waals surface area contributed by atoms with Gasteiger partial charge in [-0.25, -0.2) is 4.79 Å². The van der Waals surface area contributed by atoms with Crippen LogP contribution in [0.4, 0.5) is 5.69 Å². The zero-order valence-electron chi connectivity index (χ0n) is 12.1. The Labute approximate surface area is 138 Å². The van der Waals surface area contributed by atoms with Gasteiger partial charge in [0.25, 0.3) is 0 Å². The van der Waals surface area contributed by atoms with Gasteiger partial charge in [-0.1, -0.05) is 0 Å². The number of carboxylic acid groups (broad SMARTS) is 1. The van der Waals surface area contributed by atoms with Gasteiger partial charge in [0.2, 0.25) is 0 Å². The van der Waals surface area contributed by atoms with Gasteiger partial charge in [-0.2, -0.15) is 0 Å². The summed E-state index contributed by atoms with van der Waals surface area (Å²) < 4.78 is 1.11. The number of anilines is 1. The second-order valence-corrected chi connectivity index (χ2v) is 8.55. The van der Waals surface area contributed by atoms with Crippen LogP contribution in [-0.4, -0.2) is 24.2 Å². The monoisotopic (exact) mass is 397 g/mol. The van der Waals surface area contributed by atoms with Crippen molar-refractivity contribution in [2.75, 3.05) is 18.0 Å². The number of halogens is 1. The zero-order chi connectivity index (χ0) is 14.7.